The summed E-state index contributed by atoms with van der Waals surface area (Å²) >= 11 is 3.39. The van der Waals surface area contributed by atoms with Crippen LogP contribution in [-0.2, 0) is 0 Å². The van der Waals surface area contributed by atoms with Gasteiger partial charge in [-0.05, 0) is 59.2 Å². The summed E-state index contributed by atoms with van der Waals surface area (Å²) in [5.41, 5.74) is 0.600. The molecule has 18 heavy (non-hydrogen) atoms. The van der Waals surface area contributed by atoms with Crippen LogP contribution in [0.3, 0.4) is 0 Å². The molecule has 0 aromatic heterocycles. The van der Waals surface area contributed by atoms with E-state index in [2.05, 4.69) is 35.8 Å². The second kappa shape index (κ2) is 5.75. The van der Waals surface area contributed by atoms with Crippen molar-refractivity contribution in [2.24, 2.45) is 11.8 Å². The van der Waals surface area contributed by atoms with Crippen LogP contribution in [0.4, 0.5) is 0 Å². The standard InChI is InChI=1S/C15H18BrNO/c1-10-6-11(2)8-12(7-10)18-15-5-3-4-14(16)13(15)9-17/h3-5,10-12H,6-8H2,1-2H3. The van der Waals surface area contributed by atoms with E-state index < -0.39 is 0 Å². The van der Waals surface area contributed by atoms with Gasteiger partial charge in [-0.3, -0.25) is 0 Å². The molecule has 0 amide bonds. The van der Waals surface area contributed by atoms with Crippen LogP contribution in [-0.4, -0.2) is 6.10 Å². The molecule has 0 bridgehead atoms. The van der Waals surface area contributed by atoms with E-state index in [0.29, 0.717) is 23.1 Å². The van der Waals surface area contributed by atoms with Crippen LogP contribution in [0.25, 0.3) is 0 Å². The third kappa shape index (κ3) is 3.05. The van der Waals surface area contributed by atoms with Gasteiger partial charge in [-0.25, -0.2) is 0 Å². The van der Waals surface area contributed by atoms with Crippen molar-refractivity contribution in [3.05, 3.63) is 28.2 Å². The zero-order valence-electron chi connectivity index (χ0n) is 10.8. The van der Waals surface area contributed by atoms with E-state index in [0.717, 1.165) is 17.3 Å². The predicted octanol–water partition coefficient (Wildman–Crippen LogP) is 4.52. The first-order chi connectivity index (χ1) is 8.60. The summed E-state index contributed by atoms with van der Waals surface area (Å²) in [5, 5.41) is 9.17. The third-order valence-electron chi connectivity index (χ3n) is 3.52. The van der Waals surface area contributed by atoms with Gasteiger partial charge in [0.1, 0.15) is 17.4 Å². The molecule has 2 unspecified atom stereocenters. The normalized spacial score (nSPS) is 27.6. The Morgan fingerprint density at radius 1 is 1.22 bits per heavy atom. The Morgan fingerprint density at radius 3 is 2.50 bits per heavy atom. The van der Waals surface area contributed by atoms with Crippen molar-refractivity contribution in [2.45, 2.75) is 39.2 Å². The van der Waals surface area contributed by atoms with Crippen LogP contribution in [0.1, 0.15) is 38.7 Å². The van der Waals surface area contributed by atoms with Crippen LogP contribution < -0.4 is 4.74 Å². The highest BCUT2D eigenvalue weighted by Gasteiger charge is 2.26. The van der Waals surface area contributed by atoms with Crippen molar-refractivity contribution in [3.8, 4) is 11.8 Å². The highest BCUT2D eigenvalue weighted by molar-refractivity contribution is 9.10. The molecule has 1 aromatic rings. The molecule has 2 atom stereocenters. The van der Waals surface area contributed by atoms with Gasteiger partial charge in [0, 0.05) is 4.47 Å². The number of halogens is 1. The van der Waals surface area contributed by atoms with Gasteiger partial charge >= 0.3 is 0 Å². The molecule has 2 nitrogen and oxygen atoms in total. The van der Waals surface area contributed by atoms with Gasteiger partial charge in [0.25, 0.3) is 0 Å². The fraction of sp³-hybridized carbons (Fsp3) is 0.533. The van der Waals surface area contributed by atoms with Gasteiger partial charge in [0.15, 0.2) is 0 Å². The minimum Gasteiger partial charge on any atom is -0.489 e. The van der Waals surface area contributed by atoms with Crippen LogP contribution in [0, 0.1) is 23.2 Å². The van der Waals surface area contributed by atoms with Crippen LogP contribution in [0.15, 0.2) is 22.7 Å². The smallest absolute Gasteiger partial charge is 0.138 e. The second-order valence-electron chi connectivity index (χ2n) is 5.38. The summed E-state index contributed by atoms with van der Waals surface area (Å²) in [6, 6.07) is 7.87. The van der Waals surface area contributed by atoms with Crippen molar-refractivity contribution < 1.29 is 4.74 Å². The predicted molar refractivity (Wildman–Crippen MR) is 75.5 cm³/mol. The molecular weight excluding hydrogens is 290 g/mol. The highest BCUT2D eigenvalue weighted by Crippen LogP contribution is 2.33. The fourth-order valence-electron chi connectivity index (χ4n) is 2.86. The zero-order valence-corrected chi connectivity index (χ0v) is 12.4. The molecule has 1 aliphatic carbocycles. The summed E-state index contributed by atoms with van der Waals surface area (Å²) in [7, 11) is 0. The van der Waals surface area contributed by atoms with Crippen LogP contribution in [0.2, 0.25) is 0 Å². The summed E-state index contributed by atoms with van der Waals surface area (Å²) < 4.78 is 6.85. The minimum absolute atomic E-state index is 0.241. The molecule has 3 heteroatoms. The molecule has 1 aromatic carbocycles. The van der Waals surface area contributed by atoms with Crippen molar-refractivity contribution in [3.63, 3.8) is 0 Å². The number of rotatable bonds is 2. The Balaban J connectivity index is 2.14. The van der Waals surface area contributed by atoms with Crippen LogP contribution in [0.5, 0.6) is 5.75 Å². The molecule has 0 N–H and O–H groups in total. The Kier molecular flexibility index (Phi) is 4.29. The molecular formula is C15H18BrNO. The van der Waals surface area contributed by atoms with Gasteiger partial charge in [-0.15, -0.1) is 0 Å². The zero-order chi connectivity index (χ0) is 13.1. The fourth-order valence-corrected chi connectivity index (χ4v) is 3.30. The van der Waals surface area contributed by atoms with Crippen molar-refractivity contribution in [1.82, 2.24) is 0 Å². The van der Waals surface area contributed by atoms with E-state index in [9.17, 15) is 5.26 Å². The van der Waals surface area contributed by atoms with Crippen molar-refractivity contribution >= 4 is 15.9 Å². The average Bonchev–Trinajstić information content (AvgIpc) is 2.27. The van der Waals surface area contributed by atoms with Gasteiger partial charge in [-0.1, -0.05) is 19.9 Å². The van der Waals surface area contributed by atoms with E-state index >= 15 is 0 Å². The van der Waals surface area contributed by atoms with E-state index in [-0.39, 0.29) is 6.10 Å². The lowest BCUT2D eigenvalue weighted by atomic mass is 9.82. The Hall–Kier alpha value is -1.01. The van der Waals surface area contributed by atoms with Gasteiger partial charge < -0.3 is 4.74 Å². The maximum atomic E-state index is 9.17. The summed E-state index contributed by atoms with van der Waals surface area (Å²) in [6.07, 6.45) is 3.69. The Morgan fingerprint density at radius 2 is 1.89 bits per heavy atom. The lowest BCUT2D eigenvalue weighted by molar-refractivity contribution is 0.101. The third-order valence-corrected chi connectivity index (χ3v) is 4.18. The molecule has 0 saturated heterocycles. The van der Waals surface area contributed by atoms with E-state index in [1.54, 1.807) is 0 Å². The first kappa shape index (κ1) is 13.4. The first-order valence-corrected chi connectivity index (χ1v) is 7.24. The number of ether oxygens (including phenoxy) is 1. The summed E-state index contributed by atoms with van der Waals surface area (Å²) in [4.78, 5) is 0. The monoisotopic (exact) mass is 307 g/mol. The minimum atomic E-state index is 0.241. The maximum absolute atomic E-state index is 9.17. The molecule has 1 saturated carbocycles. The lowest BCUT2D eigenvalue weighted by Crippen LogP contribution is -2.28. The van der Waals surface area contributed by atoms with E-state index in [4.69, 9.17) is 4.74 Å². The van der Waals surface area contributed by atoms with Crippen molar-refractivity contribution in [1.29, 1.82) is 5.26 Å². The number of hydrogen-bond donors (Lipinski definition) is 0. The Labute approximate surface area is 117 Å². The largest absolute Gasteiger partial charge is 0.489 e. The summed E-state index contributed by atoms with van der Waals surface area (Å²) in [6.45, 7) is 4.55. The first-order valence-electron chi connectivity index (χ1n) is 6.45. The van der Waals surface area contributed by atoms with E-state index in [1.165, 1.54) is 6.42 Å². The molecule has 0 spiro atoms. The van der Waals surface area contributed by atoms with Gasteiger partial charge in [0.05, 0.1) is 6.10 Å². The van der Waals surface area contributed by atoms with Gasteiger partial charge in [-0.2, -0.15) is 5.26 Å². The summed E-state index contributed by atoms with van der Waals surface area (Å²) in [5.74, 6) is 2.12. The molecule has 2 rings (SSSR count). The number of hydrogen-bond acceptors (Lipinski definition) is 2. The van der Waals surface area contributed by atoms with E-state index in [1.807, 2.05) is 18.2 Å². The number of benzene rings is 1. The average molecular weight is 308 g/mol. The number of nitriles is 1. The quantitative estimate of drug-likeness (QED) is 0.804. The molecule has 0 aliphatic heterocycles. The maximum Gasteiger partial charge on any atom is 0.138 e. The van der Waals surface area contributed by atoms with Gasteiger partial charge in [0.2, 0.25) is 0 Å². The SMILES string of the molecule is CC1CC(C)CC(Oc2cccc(Br)c2C#N)C1. The molecule has 0 radical (unpaired) electrons. The molecule has 1 aliphatic rings. The molecule has 1 fully saturated rings. The molecule has 0 heterocycles. The van der Waals surface area contributed by atoms with Crippen LogP contribution >= 0.6 is 15.9 Å². The number of nitrogens with zero attached hydrogens (tertiary/aromatic N) is 1. The second-order valence-corrected chi connectivity index (χ2v) is 6.24. The Bertz CT molecular complexity index is 456. The highest BCUT2D eigenvalue weighted by atomic mass is 79.9. The topological polar surface area (TPSA) is 33.0 Å². The molecule has 96 valence electrons. The lowest BCUT2D eigenvalue weighted by Gasteiger charge is -2.31. The van der Waals surface area contributed by atoms with Crippen molar-refractivity contribution in [2.75, 3.05) is 0 Å².